The third-order valence-corrected chi connectivity index (χ3v) is 3.08. The van der Waals surface area contributed by atoms with Gasteiger partial charge in [0.25, 0.3) is 0 Å². The standard InChI is InChI=1S/C14H12O2/c1-8-4-3-5-10-11-6-7-12(15)9(2)14(11)16-13(8)10/h3-7,15H,1-2H3. The molecule has 0 spiro atoms. The van der Waals surface area contributed by atoms with E-state index in [1.165, 1.54) is 0 Å². The van der Waals surface area contributed by atoms with Gasteiger partial charge >= 0.3 is 0 Å². The first kappa shape index (κ1) is 9.28. The Labute approximate surface area is 93.1 Å². The van der Waals surface area contributed by atoms with Crippen molar-refractivity contribution < 1.29 is 9.52 Å². The number of aryl methyl sites for hydroxylation is 2. The van der Waals surface area contributed by atoms with Crippen molar-refractivity contribution >= 4 is 21.9 Å². The molecule has 1 aromatic heterocycles. The van der Waals surface area contributed by atoms with Gasteiger partial charge in [0.05, 0.1) is 0 Å². The molecule has 0 fully saturated rings. The summed E-state index contributed by atoms with van der Waals surface area (Å²) >= 11 is 0. The van der Waals surface area contributed by atoms with Gasteiger partial charge in [0.2, 0.25) is 0 Å². The first-order valence-electron chi connectivity index (χ1n) is 5.29. The second-order valence-corrected chi connectivity index (χ2v) is 4.14. The third-order valence-electron chi connectivity index (χ3n) is 3.08. The Kier molecular flexibility index (Phi) is 1.75. The van der Waals surface area contributed by atoms with Crippen molar-refractivity contribution in [3.05, 3.63) is 41.5 Å². The molecule has 2 aromatic carbocycles. The van der Waals surface area contributed by atoms with Gasteiger partial charge in [-0.1, -0.05) is 18.2 Å². The van der Waals surface area contributed by atoms with E-state index in [-0.39, 0.29) is 5.75 Å². The molecule has 0 aliphatic carbocycles. The zero-order valence-corrected chi connectivity index (χ0v) is 9.24. The Morgan fingerprint density at radius 2 is 1.69 bits per heavy atom. The molecule has 0 atom stereocenters. The minimum atomic E-state index is 0.282. The summed E-state index contributed by atoms with van der Waals surface area (Å²) in [5, 5.41) is 11.8. The molecular formula is C14H12O2. The van der Waals surface area contributed by atoms with Crippen LogP contribution in [0, 0.1) is 13.8 Å². The van der Waals surface area contributed by atoms with Crippen molar-refractivity contribution in [2.75, 3.05) is 0 Å². The number of aromatic hydroxyl groups is 1. The molecule has 0 saturated heterocycles. The Morgan fingerprint density at radius 3 is 2.50 bits per heavy atom. The van der Waals surface area contributed by atoms with E-state index in [2.05, 4.69) is 0 Å². The van der Waals surface area contributed by atoms with Gasteiger partial charge in [-0.15, -0.1) is 0 Å². The van der Waals surface area contributed by atoms with E-state index in [1.807, 2.05) is 38.1 Å². The van der Waals surface area contributed by atoms with Crippen LogP contribution < -0.4 is 0 Å². The molecule has 0 aliphatic rings. The van der Waals surface area contributed by atoms with Crippen molar-refractivity contribution in [2.45, 2.75) is 13.8 Å². The van der Waals surface area contributed by atoms with Crippen LogP contribution in [0.15, 0.2) is 34.7 Å². The number of para-hydroxylation sites is 1. The highest BCUT2D eigenvalue weighted by molar-refractivity contribution is 6.07. The van der Waals surface area contributed by atoms with E-state index < -0.39 is 0 Å². The second-order valence-electron chi connectivity index (χ2n) is 4.14. The maximum Gasteiger partial charge on any atom is 0.142 e. The summed E-state index contributed by atoms with van der Waals surface area (Å²) in [6.07, 6.45) is 0. The molecule has 3 aromatic rings. The van der Waals surface area contributed by atoms with Crippen LogP contribution in [-0.2, 0) is 0 Å². The summed E-state index contributed by atoms with van der Waals surface area (Å²) in [6, 6.07) is 9.72. The van der Waals surface area contributed by atoms with Crippen molar-refractivity contribution in [1.82, 2.24) is 0 Å². The normalized spacial score (nSPS) is 11.4. The van der Waals surface area contributed by atoms with Crippen LogP contribution in [0.1, 0.15) is 11.1 Å². The summed E-state index contributed by atoms with van der Waals surface area (Å²) < 4.78 is 5.83. The van der Waals surface area contributed by atoms with Gasteiger partial charge in [-0.3, -0.25) is 0 Å². The Balaban J connectivity index is 2.60. The summed E-state index contributed by atoms with van der Waals surface area (Å²) in [5.41, 5.74) is 3.61. The van der Waals surface area contributed by atoms with Gasteiger partial charge in [-0.2, -0.15) is 0 Å². The highest BCUT2D eigenvalue weighted by Gasteiger charge is 2.12. The van der Waals surface area contributed by atoms with Gasteiger partial charge in [-0.25, -0.2) is 0 Å². The van der Waals surface area contributed by atoms with Gasteiger partial charge in [0.1, 0.15) is 16.9 Å². The molecule has 16 heavy (non-hydrogen) atoms. The fraction of sp³-hybridized carbons (Fsp3) is 0.143. The van der Waals surface area contributed by atoms with Crippen LogP contribution in [0.4, 0.5) is 0 Å². The summed E-state index contributed by atoms with van der Waals surface area (Å²) in [6.45, 7) is 3.90. The van der Waals surface area contributed by atoms with Gasteiger partial charge in [0.15, 0.2) is 0 Å². The molecule has 0 saturated carbocycles. The predicted octanol–water partition coefficient (Wildman–Crippen LogP) is 3.91. The van der Waals surface area contributed by atoms with Crippen molar-refractivity contribution in [3.63, 3.8) is 0 Å². The molecule has 80 valence electrons. The minimum Gasteiger partial charge on any atom is -0.508 e. The average molecular weight is 212 g/mol. The quantitative estimate of drug-likeness (QED) is 0.613. The minimum absolute atomic E-state index is 0.282. The molecule has 3 rings (SSSR count). The summed E-state index contributed by atoms with van der Waals surface area (Å²) in [4.78, 5) is 0. The topological polar surface area (TPSA) is 33.4 Å². The maximum atomic E-state index is 9.65. The van der Waals surface area contributed by atoms with Crippen LogP contribution in [0.2, 0.25) is 0 Å². The lowest BCUT2D eigenvalue weighted by Crippen LogP contribution is -1.74. The van der Waals surface area contributed by atoms with Crippen LogP contribution >= 0.6 is 0 Å². The SMILES string of the molecule is Cc1cccc2c1oc1c(C)c(O)ccc12. The number of hydrogen-bond donors (Lipinski definition) is 1. The Morgan fingerprint density at radius 1 is 0.938 bits per heavy atom. The maximum absolute atomic E-state index is 9.65. The number of benzene rings is 2. The third kappa shape index (κ3) is 1.07. The fourth-order valence-corrected chi connectivity index (χ4v) is 2.13. The molecule has 0 bridgehead atoms. The largest absolute Gasteiger partial charge is 0.508 e. The fourth-order valence-electron chi connectivity index (χ4n) is 2.13. The first-order chi connectivity index (χ1) is 7.68. The highest BCUT2D eigenvalue weighted by Crippen LogP contribution is 2.35. The van der Waals surface area contributed by atoms with E-state index in [4.69, 9.17) is 4.42 Å². The molecule has 2 nitrogen and oxygen atoms in total. The van der Waals surface area contributed by atoms with Crippen molar-refractivity contribution in [3.8, 4) is 5.75 Å². The zero-order chi connectivity index (χ0) is 11.3. The van der Waals surface area contributed by atoms with Crippen LogP contribution in [-0.4, -0.2) is 5.11 Å². The smallest absolute Gasteiger partial charge is 0.142 e. The van der Waals surface area contributed by atoms with E-state index in [0.717, 1.165) is 33.1 Å². The number of fused-ring (bicyclic) bond motifs is 3. The summed E-state index contributed by atoms with van der Waals surface area (Å²) in [7, 11) is 0. The summed E-state index contributed by atoms with van der Waals surface area (Å²) in [5.74, 6) is 0.282. The van der Waals surface area contributed by atoms with Crippen molar-refractivity contribution in [2.24, 2.45) is 0 Å². The van der Waals surface area contributed by atoms with Crippen molar-refractivity contribution in [1.29, 1.82) is 0 Å². The monoisotopic (exact) mass is 212 g/mol. The number of hydrogen-bond acceptors (Lipinski definition) is 2. The van der Waals surface area contributed by atoms with E-state index in [1.54, 1.807) is 6.07 Å². The number of phenols is 1. The van der Waals surface area contributed by atoms with Gasteiger partial charge in [-0.05, 0) is 31.5 Å². The zero-order valence-electron chi connectivity index (χ0n) is 9.24. The first-order valence-corrected chi connectivity index (χ1v) is 5.29. The molecule has 0 aliphatic heterocycles. The van der Waals surface area contributed by atoms with E-state index >= 15 is 0 Å². The molecule has 1 heterocycles. The average Bonchev–Trinajstić information content (AvgIpc) is 2.65. The molecule has 1 N–H and O–H groups in total. The van der Waals surface area contributed by atoms with Gasteiger partial charge < -0.3 is 9.52 Å². The lowest BCUT2D eigenvalue weighted by atomic mass is 10.1. The molecule has 0 radical (unpaired) electrons. The number of rotatable bonds is 0. The molecular weight excluding hydrogens is 200 g/mol. The molecule has 0 amide bonds. The van der Waals surface area contributed by atoms with Gasteiger partial charge in [0, 0.05) is 16.3 Å². The second kappa shape index (κ2) is 3.01. The van der Waals surface area contributed by atoms with E-state index in [0.29, 0.717) is 0 Å². The number of furan rings is 1. The van der Waals surface area contributed by atoms with E-state index in [9.17, 15) is 5.11 Å². The van der Waals surface area contributed by atoms with Crippen LogP contribution in [0.25, 0.3) is 21.9 Å². The Hall–Kier alpha value is -1.96. The highest BCUT2D eigenvalue weighted by atomic mass is 16.3. The van der Waals surface area contributed by atoms with Crippen LogP contribution in [0.3, 0.4) is 0 Å². The molecule has 2 heteroatoms. The predicted molar refractivity (Wildman–Crippen MR) is 64.9 cm³/mol. The number of phenolic OH excluding ortho intramolecular Hbond substituents is 1. The van der Waals surface area contributed by atoms with Crippen LogP contribution in [0.5, 0.6) is 5.75 Å². The Bertz CT molecular complexity index is 693. The lowest BCUT2D eigenvalue weighted by molar-refractivity contribution is 0.470. The molecule has 0 unspecified atom stereocenters. The lowest BCUT2D eigenvalue weighted by Gasteiger charge is -1.97.